The van der Waals surface area contributed by atoms with Crippen LogP contribution in [-0.4, -0.2) is 30.0 Å². The summed E-state index contributed by atoms with van der Waals surface area (Å²) >= 11 is 0. The van der Waals surface area contributed by atoms with E-state index in [-0.39, 0.29) is 12.5 Å². The van der Waals surface area contributed by atoms with Crippen LogP contribution in [-0.2, 0) is 4.79 Å². The van der Waals surface area contributed by atoms with Gasteiger partial charge >= 0.3 is 0 Å². The zero-order valence-corrected chi connectivity index (χ0v) is 13.8. The van der Waals surface area contributed by atoms with Crippen LogP contribution in [0.15, 0.2) is 42.5 Å². The van der Waals surface area contributed by atoms with E-state index < -0.39 is 0 Å². The highest BCUT2D eigenvalue weighted by molar-refractivity contribution is 5.84. The minimum atomic E-state index is 0.104. The summed E-state index contributed by atoms with van der Waals surface area (Å²) < 4.78 is 5.76. The average Bonchev–Trinajstić information content (AvgIpc) is 2.61. The van der Waals surface area contributed by atoms with Gasteiger partial charge in [-0.3, -0.25) is 4.79 Å². The Kier molecular flexibility index (Phi) is 5.16. The van der Waals surface area contributed by atoms with Gasteiger partial charge in [-0.2, -0.15) is 0 Å². The minimum Gasteiger partial charge on any atom is -0.484 e. The Balaban J connectivity index is 1.62. The Morgan fingerprint density at radius 2 is 1.83 bits per heavy atom. The molecular weight excluding hydrogens is 286 g/mol. The van der Waals surface area contributed by atoms with E-state index in [1.807, 2.05) is 35.2 Å². The molecule has 0 unspecified atom stereocenters. The lowest BCUT2D eigenvalue weighted by Crippen LogP contribution is -2.43. The van der Waals surface area contributed by atoms with Gasteiger partial charge in [-0.1, -0.05) is 49.6 Å². The lowest BCUT2D eigenvalue weighted by atomic mass is 9.94. The van der Waals surface area contributed by atoms with Gasteiger partial charge in [0.1, 0.15) is 5.75 Å². The largest absolute Gasteiger partial charge is 0.484 e. The first-order valence-electron chi connectivity index (χ1n) is 8.69. The van der Waals surface area contributed by atoms with Crippen LogP contribution in [0, 0.1) is 0 Å². The third-order valence-electron chi connectivity index (χ3n) is 4.76. The second-order valence-electron chi connectivity index (χ2n) is 6.27. The molecule has 0 heterocycles. The number of carbonyl (C=O) groups excluding carboxylic acids is 1. The maximum absolute atomic E-state index is 12.5. The molecule has 0 aliphatic heterocycles. The summed E-state index contributed by atoms with van der Waals surface area (Å²) in [5.74, 6) is 0.865. The Labute approximate surface area is 138 Å². The van der Waals surface area contributed by atoms with Crippen LogP contribution < -0.4 is 4.74 Å². The molecule has 0 atom stereocenters. The second-order valence-corrected chi connectivity index (χ2v) is 6.27. The third-order valence-corrected chi connectivity index (χ3v) is 4.76. The maximum Gasteiger partial charge on any atom is 0.260 e. The topological polar surface area (TPSA) is 29.5 Å². The van der Waals surface area contributed by atoms with Crippen molar-refractivity contribution in [2.75, 3.05) is 13.2 Å². The van der Waals surface area contributed by atoms with Crippen LogP contribution in [0.1, 0.15) is 39.0 Å². The summed E-state index contributed by atoms with van der Waals surface area (Å²) in [6.07, 6.45) is 6.04. The molecule has 1 amide bonds. The number of nitrogens with zero attached hydrogens (tertiary/aromatic N) is 1. The number of benzene rings is 2. The molecule has 23 heavy (non-hydrogen) atoms. The Morgan fingerprint density at radius 1 is 1.09 bits per heavy atom. The number of rotatable bonds is 5. The summed E-state index contributed by atoms with van der Waals surface area (Å²) in [7, 11) is 0. The van der Waals surface area contributed by atoms with E-state index in [0.717, 1.165) is 30.5 Å². The molecule has 122 valence electrons. The summed E-state index contributed by atoms with van der Waals surface area (Å²) in [5.41, 5.74) is 0. The molecule has 3 nitrogen and oxygen atoms in total. The van der Waals surface area contributed by atoms with Crippen LogP contribution in [0.4, 0.5) is 0 Å². The first kappa shape index (κ1) is 15.9. The average molecular weight is 311 g/mol. The maximum atomic E-state index is 12.5. The van der Waals surface area contributed by atoms with E-state index in [4.69, 9.17) is 4.74 Å². The molecule has 3 rings (SSSR count). The third kappa shape index (κ3) is 3.84. The molecular formula is C20H25NO2. The Morgan fingerprint density at radius 3 is 2.57 bits per heavy atom. The highest BCUT2D eigenvalue weighted by atomic mass is 16.5. The van der Waals surface area contributed by atoms with Crippen molar-refractivity contribution in [3.63, 3.8) is 0 Å². The van der Waals surface area contributed by atoms with E-state index in [1.54, 1.807) is 0 Å². The molecule has 2 aromatic rings. The Bertz CT molecular complexity index is 661. The predicted octanol–water partition coefficient (Wildman–Crippen LogP) is 4.40. The minimum absolute atomic E-state index is 0.104. The number of carbonyl (C=O) groups is 1. The number of likely N-dealkylation sites (N-methyl/N-ethyl adjacent to an activating group) is 1. The van der Waals surface area contributed by atoms with Crippen LogP contribution in [0.2, 0.25) is 0 Å². The number of fused-ring (bicyclic) bond motifs is 1. The fraction of sp³-hybridized carbons (Fsp3) is 0.450. The summed E-state index contributed by atoms with van der Waals surface area (Å²) in [6.45, 7) is 2.95. The van der Waals surface area contributed by atoms with E-state index in [0.29, 0.717) is 6.04 Å². The van der Waals surface area contributed by atoms with Gasteiger partial charge in [-0.25, -0.2) is 0 Å². The molecule has 1 fully saturated rings. The van der Waals surface area contributed by atoms with E-state index >= 15 is 0 Å². The van der Waals surface area contributed by atoms with Crippen LogP contribution >= 0.6 is 0 Å². The number of amides is 1. The molecule has 0 radical (unpaired) electrons. The van der Waals surface area contributed by atoms with Crippen molar-refractivity contribution in [2.24, 2.45) is 0 Å². The van der Waals surface area contributed by atoms with Crippen LogP contribution in [0.3, 0.4) is 0 Å². The molecule has 0 bridgehead atoms. The van der Waals surface area contributed by atoms with E-state index in [9.17, 15) is 4.79 Å². The van der Waals surface area contributed by atoms with Crippen molar-refractivity contribution in [3.05, 3.63) is 42.5 Å². The lowest BCUT2D eigenvalue weighted by Gasteiger charge is -2.33. The number of hydrogen-bond donors (Lipinski definition) is 0. The van der Waals surface area contributed by atoms with Gasteiger partial charge < -0.3 is 9.64 Å². The van der Waals surface area contributed by atoms with Gasteiger partial charge in [0.2, 0.25) is 0 Å². The highest BCUT2D eigenvalue weighted by Crippen LogP contribution is 2.23. The quantitative estimate of drug-likeness (QED) is 0.819. The smallest absolute Gasteiger partial charge is 0.260 e. The van der Waals surface area contributed by atoms with Crippen LogP contribution in [0.5, 0.6) is 5.75 Å². The lowest BCUT2D eigenvalue weighted by molar-refractivity contribution is -0.136. The van der Waals surface area contributed by atoms with E-state index in [2.05, 4.69) is 19.1 Å². The number of ether oxygens (including phenoxy) is 1. The summed E-state index contributed by atoms with van der Waals surface area (Å²) in [6, 6.07) is 14.5. The van der Waals surface area contributed by atoms with Gasteiger partial charge in [0.25, 0.3) is 5.91 Å². The van der Waals surface area contributed by atoms with Crippen molar-refractivity contribution < 1.29 is 9.53 Å². The van der Waals surface area contributed by atoms with Crippen LogP contribution in [0.25, 0.3) is 10.8 Å². The molecule has 0 aromatic heterocycles. The first-order valence-corrected chi connectivity index (χ1v) is 8.69. The summed E-state index contributed by atoms with van der Waals surface area (Å²) in [4.78, 5) is 14.5. The normalized spacial score (nSPS) is 15.5. The molecule has 2 aromatic carbocycles. The Hall–Kier alpha value is -2.03. The van der Waals surface area contributed by atoms with Gasteiger partial charge in [-0.15, -0.1) is 0 Å². The SMILES string of the molecule is CCN(C(=O)COc1ccc2ccccc2c1)C1CCCCC1. The predicted molar refractivity (Wildman–Crippen MR) is 93.7 cm³/mol. The van der Waals surface area contributed by atoms with Crippen molar-refractivity contribution >= 4 is 16.7 Å². The zero-order chi connectivity index (χ0) is 16.1. The summed E-state index contributed by atoms with van der Waals surface area (Å²) in [5, 5.41) is 2.32. The molecule has 1 saturated carbocycles. The zero-order valence-electron chi connectivity index (χ0n) is 13.8. The first-order chi connectivity index (χ1) is 11.3. The van der Waals surface area contributed by atoms with Gasteiger partial charge in [0.15, 0.2) is 6.61 Å². The van der Waals surface area contributed by atoms with E-state index in [1.165, 1.54) is 24.6 Å². The fourth-order valence-electron chi connectivity index (χ4n) is 3.52. The van der Waals surface area contributed by atoms with Crippen molar-refractivity contribution in [1.29, 1.82) is 0 Å². The molecule has 0 N–H and O–H groups in total. The molecule has 3 heteroatoms. The van der Waals surface area contributed by atoms with Crippen molar-refractivity contribution in [3.8, 4) is 5.75 Å². The second kappa shape index (κ2) is 7.49. The number of hydrogen-bond acceptors (Lipinski definition) is 2. The molecule has 1 aliphatic rings. The monoisotopic (exact) mass is 311 g/mol. The highest BCUT2D eigenvalue weighted by Gasteiger charge is 2.24. The standard InChI is InChI=1S/C20H25NO2/c1-2-21(18-10-4-3-5-11-18)20(22)15-23-19-13-12-16-8-6-7-9-17(16)14-19/h6-9,12-14,18H,2-5,10-11,15H2,1H3. The van der Waals surface area contributed by atoms with Crippen molar-refractivity contribution in [2.45, 2.75) is 45.1 Å². The van der Waals surface area contributed by atoms with Gasteiger partial charge in [0.05, 0.1) is 0 Å². The van der Waals surface area contributed by atoms with Crippen molar-refractivity contribution in [1.82, 2.24) is 4.90 Å². The molecule has 1 aliphatic carbocycles. The fourth-order valence-corrected chi connectivity index (χ4v) is 3.52. The van der Waals surface area contributed by atoms with Gasteiger partial charge in [0, 0.05) is 12.6 Å². The van der Waals surface area contributed by atoms with Gasteiger partial charge in [-0.05, 0) is 42.7 Å². The molecule has 0 spiro atoms. The molecule has 0 saturated heterocycles.